The maximum atomic E-state index is 12.9. The van der Waals surface area contributed by atoms with E-state index in [0.717, 1.165) is 34.4 Å². The molecule has 0 aromatic heterocycles. The molecule has 42 heavy (non-hydrogen) atoms. The molecule has 0 radical (unpaired) electrons. The molecular weight excluding hydrogens is 524 g/mol. The average Bonchev–Trinajstić information content (AvgIpc) is 3.05. The Hall–Kier alpha value is -4.03. The van der Waals surface area contributed by atoms with Crippen LogP contribution in [0.2, 0.25) is 0 Å². The van der Waals surface area contributed by atoms with Crippen LogP contribution in [-0.4, -0.2) is 32.4 Å². The van der Waals surface area contributed by atoms with E-state index in [9.17, 15) is 4.79 Å². The number of rotatable bonds is 16. The lowest BCUT2D eigenvalue weighted by Gasteiger charge is -2.36. The summed E-state index contributed by atoms with van der Waals surface area (Å²) in [7, 11) is 1.64. The van der Waals surface area contributed by atoms with Gasteiger partial charge in [0.2, 0.25) is 0 Å². The number of carbonyl (C=O) groups excluding carboxylic acids is 1. The highest BCUT2D eigenvalue weighted by Gasteiger charge is 2.37. The zero-order chi connectivity index (χ0) is 29.6. The number of ether oxygens (including phenoxy) is 4. The van der Waals surface area contributed by atoms with Crippen LogP contribution in [0.4, 0.5) is 0 Å². The van der Waals surface area contributed by atoms with Crippen molar-refractivity contribution in [2.75, 3.05) is 20.5 Å². The molecule has 0 fully saturated rings. The highest BCUT2D eigenvalue weighted by Crippen LogP contribution is 2.40. The third-order valence-corrected chi connectivity index (χ3v) is 7.25. The number of unbranched alkanes of at least 4 members (excludes halogenated alkanes) is 1. The Morgan fingerprint density at radius 3 is 1.81 bits per heavy atom. The minimum atomic E-state index is -0.744. The van der Waals surface area contributed by atoms with Gasteiger partial charge in [0.15, 0.2) is 5.78 Å². The smallest absolute Gasteiger partial charge is 0.186 e. The van der Waals surface area contributed by atoms with E-state index >= 15 is 0 Å². The fourth-order valence-electron chi connectivity index (χ4n) is 4.92. The molecule has 5 heteroatoms. The molecule has 218 valence electrons. The number of benzene rings is 4. The van der Waals surface area contributed by atoms with Crippen LogP contribution in [0.1, 0.15) is 48.9 Å². The lowest BCUT2D eigenvalue weighted by molar-refractivity contribution is -0.137. The van der Waals surface area contributed by atoms with Gasteiger partial charge in [-0.25, -0.2) is 0 Å². The van der Waals surface area contributed by atoms with E-state index in [4.69, 9.17) is 18.9 Å². The lowest BCUT2D eigenvalue weighted by atomic mass is 9.80. The first-order valence-electron chi connectivity index (χ1n) is 14.4. The van der Waals surface area contributed by atoms with Crippen LogP contribution in [0, 0.1) is 0 Å². The van der Waals surface area contributed by atoms with Crippen LogP contribution >= 0.6 is 0 Å². The number of allylic oxidation sites excluding steroid dienone is 1. The molecule has 0 aliphatic rings. The number of Topliss-reactive ketones (excluding diaryl/α,β-unsaturated/α-hetero) is 1. The van der Waals surface area contributed by atoms with Crippen molar-refractivity contribution < 1.29 is 23.7 Å². The van der Waals surface area contributed by atoms with Crippen molar-refractivity contribution in [3.63, 3.8) is 0 Å². The van der Waals surface area contributed by atoms with Gasteiger partial charge in [0.25, 0.3) is 0 Å². The Morgan fingerprint density at radius 2 is 1.31 bits per heavy atom. The fraction of sp³-hybridized carbons (Fsp3) is 0.270. The Labute approximate surface area is 249 Å². The number of carbonyl (C=O) groups is 1. The highest BCUT2D eigenvalue weighted by molar-refractivity contribution is 5.97. The van der Waals surface area contributed by atoms with Crippen molar-refractivity contribution in [1.29, 1.82) is 0 Å². The lowest BCUT2D eigenvalue weighted by Crippen LogP contribution is -2.33. The van der Waals surface area contributed by atoms with Crippen molar-refractivity contribution in [1.82, 2.24) is 0 Å². The monoisotopic (exact) mass is 564 g/mol. The summed E-state index contributed by atoms with van der Waals surface area (Å²) in [6.45, 7) is 4.55. The third-order valence-electron chi connectivity index (χ3n) is 7.25. The minimum Gasteiger partial charge on any atom is -0.497 e. The largest absolute Gasteiger partial charge is 0.497 e. The fourth-order valence-corrected chi connectivity index (χ4v) is 4.92. The summed E-state index contributed by atoms with van der Waals surface area (Å²) in [5.41, 5.74) is 4.16. The molecule has 0 saturated carbocycles. The maximum absolute atomic E-state index is 12.9. The normalized spacial score (nSPS) is 12.6. The summed E-state index contributed by atoms with van der Waals surface area (Å²) in [6.07, 6.45) is 2.86. The van der Waals surface area contributed by atoms with Gasteiger partial charge in [-0.3, -0.25) is 4.79 Å². The van der Waals surface area contributed by atoms with Gasteiger partial charge in [0, 0.05) is 6.61 Å². The molecule has 4 aromatic carbocycles. The Kier molecular flexibility index (Phi) is 11.7. The summed E-state index contributed by atoms with van der Waals surface area (Å²) in [6, 6.07) is 38.7. The van der Waals surface area contributed by atoms with Crippen molar-refractivity contribution in [3.05, 3.63) is 149 Å². The number of hydrogen-bond acceptors (Lipinski definition) is 5. The first-order chi connectivity index (χ1) is 20.5. The molecule has 4 aromatic rings. The zero-order valence-corrected chi connectivity index (χ0v) is 24.7. The van der Waals surface area contributed by atoms with Crippen LogP contribution in [0.3, 0.4) is 0 Å². The van der Waals surface area contributed by atoms with E-state index < -0.39 is 11.7 Å². The van der Waals surface area contributed by atoms with Gasteiger partial charge in [-0.1, -0.05) is 109 Å². The van der Waals surface area contributed by atoms with E-state index in [1.165, 1.54) is 0 Å². The maximum Gasteiger partial charge on any atom is 0.186 e. The number of hydrogen-bond donors (Lipinski definition) is 0. The highest BCUT2D eigenvalue weighted by atomic mass is 16.7. The molecule has 0 heterocycles. The van der Waals surface area contributed by atoms with Gasteiger partial charge >= 0.3 is 0 Å². The summed E-state index contributed by atoms with van der Waals surface area (Å²) >= 11 is 0. The SMILES string of the molecule is COc1ccc(COCO[C@H](C)C(=O)/C(C)=C/CCCOC(c2ccccc2)(c2ccccc2)c2ccccc2)cc1. The average molecular weight is 565 g/mol. The van der Waals surface area contributed by atoms with Crippen molar-refractivity contribution >= 4 is 5.78 Å². The Bertz CT molecular complexity index is 1290. The standard InChI is InChI=1S/C37H40O5/c1-29(36(38)30(2)41-28-40-27-31-22-24-35(39-3)25-23-31)15-13-14-26-42-37(32-16-7-4-8-17-32,33-18-9-5-10-19-33)34-20-11-6-12-21-34/h4-12,15-25,30H,13-14,26-28H2,1-3H3/b29-15+/t30-/m1/s1. The molecule has 1 atom stereocenters. The van der Waals surface area contributed by atoms with E-state index in [1.807, 2.05) is 91.9 Å². The second kappa shape index (κ2) is 15.8. The first kappa shape index (κ1) is 30.9. The van der Waals surface area contributed by atoms with Crippen LogP contribution in [0.25, 0.3) is 0 Å². The topological polar surface area (TPSA) is 54.0 Å². The van der Waals surface area contributed by atoms with Crippen molar-refractivity contribution in [2.24, 2.45) is 0 Å². The predicted octanol–water partition coefficient (Wildman–Crippen LogP) is 7.88. The summed E-state index contributed by atoms with van der Waals surface area (Å²) < 4.78 is 23.2. The second-order valence-corrected chi connectivity index (χ2v) is 10.1. The second-order valence-electron chi connectivity index (χ2n) is 10.1. The summed E-state index contributed by atoms with van der Waals surface area (Å²) in [5.74, 6) is 0.752. The molecule has 0 unspecified atom stereocenters. The van der Waals surface area contributed by atoms with E-state index in [1.54, 1.807) is 14.0 Å². The van der Waals surface area contributed by atoms with Gasteiger partial charge in [0.1, 0.15) is 24.2 Å². The van der Waals surface area contributed by atoms with Gasteiger partial charge in [0.05, 0.1) is 13.7 Å². The van der Waals surface area contributed by atoms with E-state index in [2.05, 4.69) is 36.4 Å². The van der Waals surface area contributed by atoms with Gasteiger partial charge in [-0.2, -0.15) is 0 Å². The number of ketones is 1. The van der Waals surface area contributed by atoms with Gasteiger partial charge in [-0.15, -0.1) is 0 Å². The van der Waals surface area contributed by atoms with Crippen molar-refractivity contribution in [2.45, 2.75) is 45.0 Å². The summed E-state index contributed by atoms with van der Waals surface area (Å²) in [5, 5.41) is 0. The van der Waals surface area contributed by atoms with Gasteiger partial charge in [-0.05, 0) is 66.6 Å². The van der Waals surface area contributed by atoms with Crippen LogP contribution in [0.15, 0.2) is 127 Å². The zero-order valence-electron chi connectivity index (χ0n) is 24.7. The van der Waals surface area contributed by atoms with Crippen LogP contribution in [-0.2, 0) is 31.2 Å². The predicted molar refractivity (Wildman–Crippen MR) is 166 cm³/mol. The van der Waals surface area contributed by atoms with E-state index in [-0.39, 0.29) is 12.6 Å². The van der Waals surface area contributed by atoms with Crippen molar-refractivity contribution in [3.8, 4) is 5.75 Å². The quantitative estimate of drug-likeness (QED) is 0.0600. The van der Waals surface area contributed by atoms with Gasteiger partial charge < -0.3 is 18.9 Å². The Balaban J connectivity index is 1.32. The third kappa shape index (κ3) is 8.04. The first-order valence-corrected chi connectivity index (χ1v) is 14.4. The molecule has 5 nitrogen and oxygen atoms in total. The molecule has 0 aliphatic carbocycles. The van der Waals surface area contributed by atoms with Crippen LogP contribution < -0.4 is 4.74 Å². The molecule has 4 rings (SSSR count). The molecule has 0 bridgehead atoms. The van der Waals surface area contributed by atoms with Crippen LogP contribution in [0.5, 0.6) is 5.75 Å². The molecule has 0 spiro atoms. The molecule has 0 aliphatic heterocycles. The molecule has 0 saturated heterocycles. The van der Waals surface area contributed by atoms with E-state index in [0.29, 0.717) is 25.2 Å². The number of methoxy groups -OCH3 is 1. The summed E-state index contributed by atoms with van der Waals surface area (Å²) in [4.78, 5) is 12.9. The molecule has 0 amide bonds. The molecule has 0 N–H and O–H groups in total. The minimum absolute atomic E-state index is 0.0423. The molecular formula is C37H40O5. The Morgan fingerprint density at radius 1 is 0.786 bits per heavy atom.